The van der Waals surface area contributed by atoms with Crippen LogP contribution in [-0.4, -0.2) is 63.4 Å². The Morgan fingerprint density at radius 2 is 1.81 bits per heavy atom. The van der Waals surface area contributed by atoms with E-state index in [1.165, 1.54) is 17.0 Å². The Labute approximate surface area is 251 Å². The number of carbonyl (C=O) groups is 2. The third-order valence-electron chi connectivity index (χ3n) is 6.59. The number of guanidine groups is 1. The van der Waals surface area contributed by atoms with E-state index in [0.29, 0.717) is 35.0 Å². The summed E-state index contributed by atoms with van der Waals surface area (Å²) in [5.74, 6) is -0.721. The van der Waals surface area contributed by atoms with Gasteiger partial charge in [0, 0.05) is 23.4 Å². The second kappa shape index (κ2) is 12.0. The summed E-state index contributed by atoms with van der Waals surface area (Å²) in [4.78, 5) is 37.4. The molecule has 1 amide bonds. The van der Waals surface area contributed by atoms with Crippen LogP contribution in [-0.2, 0) is 24.3 Å². The number of carbonyl (C=O) groups excluding carboxylic acids is 2. The summed E-state index contributed by atoms with van der Waals surface area (Å²) in [7, 11) is -4.18. The van der Waals surface area contributed by atoms with Gasteiger partial charge in [-0.05, 0) is 58.0 Å². The maximum atomic E-state index is 14.1. The van der Waals surface area contributed by atoms with Crippen LogP contribution < -0.4 is 20.3 Å². The lowest BCUT2D eigenvalue weighted by molar-refractivity contribution is -0.153. The standard InChI is InChI=1S/C31H34N6O5S/c1-20-12-14-23(15-13-20)43(40,41)36-28-29(39)37(19-26(38)42-31(2,3)4)25-11-6-5-10-24(25)27(35-28)21-8-7-9-22(18-21)34-30-32-16-17-33-30/h5-15,18,28,36H,16-17,19H2,1-4H3,(H2,32,33,34). The first-order valence-electron chi connectivity index (χ1n) is 13.8. The van der Waals surface area contributed by atoms with Crippen LogP contribution in [0.5, 0.6) is 0 Å². The molecule has 0 radical (unpaired) electrons. The summed E-state index contributed by atoms with van der Waals surface area (Å²) in [6.45, 7) is 8.01. The van der Waals surface area contributed by atoms with Gasteiger partial charge >= 0.3 is 5.97 Å². The van der Waals surface area contributed by atoms with Crippen molar-refractivity contribution < 1.29 is 22.7 Å². The van der Waals surface area contributed by atoms with Gasteiger partial charge in [0.2, 0.25) is 10.0 Å². The van der Waals surface area contributed by atoms with Crippen LogP contribution in [0.4, 0.5) is 11.4 Å². The molecule has 2 aliphatic heterocycles. The average molecular weight is 603 g/mol. The summed E-state index contributed by atoms with van der Waals surface area (Å²) in [6.07, 6.45) is -1.58. The van der Waals surface area contributed by atoms with E-state index < -0.39 is 40.2 Å². The van der Waals surface area contributed by atoms with Crippen molar-refractivity contribution in [1.82, 2.24) is 10.0 Å². The van der Waals surface area contributed by atoms with Gasteiger partial charge in [-0.15, -0.1) is 0 Å². The van der Waals surface area contributed by atoms with Crippen LogP contribution in [0.3, 0.4) is 0 Å². The van der Waals surface area contributed by atoms with Crippen molar-refractivity contribution in [2.24, 2.45) is 9.98 Å². The molecule has 0 fully saturated rings. The monoisotopic (exact) mass is 602 g/mol. The minimum atomic E-state index is -4.18. The Hall–Kier alpha value is -4.55. The summed E-state index contributed by atoms with van der Waals surface area (Å²) >= 11 is 0. The van der Waals surface area contributed by atoms with Gasteiger partial charge in [-0.3, -0.25) is 24.5 Å². The number of benzodiazepines with no additional fused rings is 1. The van der Waals surface area contributed by atoms with Gasteiger partial charge in [0.05, 0.1) is 22.8 Å². The number of nitrogens with zero attached hydrogens (tertiary/aromatic N) is 3. The number of hydrogen-bond donors (Lipinski definition) is 3. The number of benzene rings is 3. The molecule has 3 aromatic carbocycles. The van der Waals surface area contributed by atoms with Crippen LogP contribution >= 0.6 is 0 Å². The second-order valence-electron chi connectivity index (χ2n) is 11.2. The van der Waals surface area contributed by atoms with Gasteiger partial charge in [0.15, 0.2) is 12.1 Å². The van der Waals surface area contributed by atoms with Gasteiger partial charge < -0.3 is 15.4 Å². The molecule has 11 nitrogen and oxygen atoms in total. The molecule has 224 valence electrons. The van der Waals surface area contributed by atoms with Crippen LogP contribution in [0.15, 0.2) is 87.7 Å². The molecule has 0 aliphatic carbocycles. The molecular weight excluding hydrogens is 568 g/mol. The van der Waals surface area contributed by atoms with Crippen LogP contribution in [0.1, 0.15) is 37.5 Å². The highest BCUT2D eigenvalue weighted by Gasteiger charge is 2.36. The SMILES string of the molecule is Cc1ccc(S(=O)(=O)NC2N=C(c3cccc(NC4=NCCN4)c3)c3ccccc3N(CC(=O)OC(C)(C)C)C2=O)cc1. The summed E-state index contributed by atoms with van der Waals surface area (Å²) in [6, 6.07) is 20.6. The molecule has 12 heteroatoms. The number of fused-ring (bicyclic) bond motifs is 1. The third-order valence-corrected chi connectivity index (χ3v) is 8.01. The van der Waals surface area contributed by atoms with Crippen molar-refractivity contribution in [3.05, 3.63) is 89.5 Å². The fourth-order valence-electron chi connectivity index (χ4n) is 4.70. The predicted molar refractivity (Wildman–Crippen MR) is 166 cm³/mol. The van der Waals surface area contributed by atoms with Crippen molar-refractivity contribution in [2.45, 2.75) is 44.4 Å². The number of esters is 1. The molecule has 0 spiro atoms. The van der Waals surface area contributed by atoms with Crippen molar-refractivity contribution in [2.75, 3.05) is 29.9 Å². The minimum Gasteiger partial charge on any atom is -0.459 e. The molecule has 3 aromatic rings. The zero-order chi connectivity index (χ0) is 30.8. The van der Waals surface area contributed by atoms with Crippen LogP contribution in [0, 0.1) is 6.92 Å². The quantitative estimate of drug-likeness (QED) is 0.353. The van der Waals surface area contributed by atoms with E-state index in [-0.39, 0.29) is 4.90 Å². The number of para-hydroxylation sites is 1. The molecule has 3 N–H and O–H groups in total. The molecule has 1 atom stereocenters. The molecule has 2 aliphatic rings. The Morgan fingerprint density at radius 1 is 1.07 bits per heavy atom. The Morgan fingerprint density at radius 3 is 2.51 bits per heavy atom. The highest BCUT2D eigenvalue weighted by Crippen LogP contribution is 2.30. The zero-order valence-electron chi connectivity index (χ0n) is 24.4. The van der Waals surface area contributed by atoms with E-state index in [1.807, 2.05) is 31.2 Å². The minimum absolute atomic E-state index is 0.0147. The molecule has 0 aromatic heterocycles. The smallest absolute Gasteiger partial charge is 0.326 e. The van der Waals surface area contributed by atoms with E-state index in [9.17, 15) is 18.0 Å². The average Bonchev–Trinajstić information content (AvgIpc) is 3.43. The number of aliphatic imine (C=N–C) groups is 2. The third kappa shape index (κ3) is 7.09. The van der Waals surface area contributed by atoms with Crippen LogP contribution in [0.2, 0.25) is 0 Å². The number of amides is 1. The molecule has 0 saturated carbocycles. The number of anilines is 2. The maximum absolute atomic E-state index is 14.1. The fraction of sp³-hybridized carbons (Fsp3) is 0.290. The van der Waals surface area contributed by atoms with E-state index in [2.05, 4.69) is 20.3 Å². The number of ether oxygens (including phenoxy) is 1. The molecule has 2 heterocycles. The summed E-state index contributed by atoms with van der Waals surface area (Å²) < 4.78 is 34.9. The van der Waals surface area contributed by atoms with Gasteiger partial charge in [-0.25, -0.2) is 8.42 Å². The lowest BCUT2D eigenvalue weighted by atomic mass is 9.99. The first-order valence-corrected chi connectivity index (χ1v) is 15.3. The molecule has 43 heavy (non-hydrogen) atoms. The first-order chi connectivity index (χ1) is 20.4. The molecule has 5 rings (SSSR count). The van der Waals surface area contributed by atoms with Gasteiger partial charge in [-0.2, -0.15) is 4.72 Å². The van der Waals surface area contributed by atoms with Gasteiger partial charge in [0.1, 0.15) is 12.1 Å². The normalized spacial score (nSPS) is 16.9. The Bertz CT molecular complexity index is 1710. The Balaban J connectivity index is 1.60. The zero-order valence-corrected chi connectivity index (χ0v) is 25.2. The van der Waals surface area contributed by atoms with Crippen LogP contribution in [0.25, 0.3) is 0 Å². The van der Waals surface area contributed by atoms with Crippen molar-refractivity contribution in [3.63, 3.8) is 0 Å². The van der Waals surface area contributed by atoms with Crippen molar-refractivity contribution in [1.29, 1.82) is 0 Å². The number of aryl methyl sites for hydroxylation is 1. The summed E-state index contributed by atoms with van der Waals surface area (Å²) in [5.41, 5.74) is 2.77. The molecule has 0 bridgehead atoms. The largest absolute Gasteiger partial charge is 0.459 e. The van der Waals surface area contributed by atoms with Gasteiger partial charge in [0.25, 0.3) is 5.91 Å². The number of rotatable bonds is 7. The maximum Gasteiger partial charge on any atom is 0.326 e. The molecule has 0 saturated heterocycles. The topological polar surface area (TPSA) is 142 Å². The van der Waals surface area contributed by atoms with E-state index in [0.717, 1.165) is 17.8 Å². The lowest BCUT2D eigenvalue weighted by Crippen LogP contribution is -2.49. The highest BCUT2D eigenvalue weighted by molar-refractivity contribution is 7.89. The fourth-order valence-corrected chi connectivity index (χ4v) is 5.78. The van der Waals surface area contributed by atoms with Crippen molar-refractivity contribution in [3.8, 4) is 0 Å². The number of sulfonamides is 1. The van der Waals surface area contributed by atoms with Gasteiger partial charge in [-0.1, -0.05) is 48.0 Å². The Kier molecular flexibility index (Phi) is 8.34. The number of hydrogen-bond acceptors (Lipinski definition) is 9. The molecule has 1 unspecified atom stereocenters. The highest BCUT2D eigenvalue weighted by atomic mass is 32.2. The predicted octanol–water partition coefficient (Wildman–Crippen LogP) is 3.20. The second-order valence-corrected chi connectivity index (χ2v) is 12.9. The first kappa shape index (κ1) is 29.9. The molecular formula is C31H34N6O5S. The van der Waals surface area contributed by atoms with E-state index in [4.69, 9.17) is 9.73 Å². The lowest BCUT2D eigenvalue weighted by Gasteiger charge is -2.27. The number of nitrogens with one attached hydrogen (secondary N) is 3. The van der Waals surface area contributed by atoms with E-state index in [1.54, 1.807) is 57.2 Å². The summed E-state index contributed by atoms with van der Waals surface area (Å²) in [5, 5.41) is 6.40. The van der Waals surface area contributed by atoms with Crippen molar-refractivity contribution >= 4 is 44.9 Å². The van der Waals surface area contributed by atoms with E-state index >= 15 is 0 Å².